The summed E-state index contributed by atoms with van der Waals surface area (Å²) in [7, 11) is 0. The number of thiophene rings is 1. The van der Waals surface area contributed by atoms with Crippen LogP contribution >= 0.6 is 11.3 Å². The van der Waals surface area contributed by atoms with Crippen LogP contribution in [0.3, 0.4) is 0 Å². The van der Waals surface area contributed by atoms with Gasteiger partial charge in [-0.2, -0.15) is 9.97 Å². The molecule has 0 fully saturated rings. The molecule has 0 aliphatic heterocycles. The lowest BCUT2D eigenvalue weighted by Gasteiger charge is -2.21. The summed E-state index contributed by atoms with van der Waals surface area (Å²) in [5.41, 5.74) is 9.60. The highest BCUT2D eigenvalue weighted by atomic mass is 32.1. The van der Waals surface area contributed by atoms with Gasteiger partial charge in [0.2, 0.25) is 5.95 Å². The molecule has 10 rings (SSSR count). The molecule has 5 heteroatoms. The Labute approximate surface area is 275 Å². The van der Waals surface area contributed by atoms with Crippen LogP contribution in [0.2, 0.25) is 0 Å². The van der Waals surface area contributed by atoms with E-state index in [0.29, 0.717) is 17.6 Å². The van der Waals surface area contributed by atoms with Gasteiger partial charge in [0.05, 0.1) is 11.0 Å². The third kappa shape index (κ3) is 3.72. The third-order valence-corrected chi connectivity index (χ3v) is 11.1. The van der Waals surface area contributed by atoms with Crippen molar-refractivity contribution in [2.75, 3.05) is 0 Å². The van der Waals surface area contributed by atoms with Crippen LogP contribution in [0.5, 0.6) is 0 Å². The van der Waals surface area contributed by atoms with Gasteiger partial charge in [0.15, 0.2) is 11.6 Å². The standard InChI is InChI=1S/C42H28N4S/c1-42(2)31-19-11-9-17-29(31)35-32(42)23-21-27-28-22-24-34-36(38(28)47-37(27)35)30-18-10-12-20-33(30)46(34)41-44-39(25-13-5-3-6-14-25)43-40(45-41)26-15-7-4-8-16-26/h3-24H,1-2H3. The number of fused-ring (bicyclic) bond motifs is 11. The Morgan fingerprint density at radius 1 is 0.511 bits per heavy atom. The van der Waals surface area contributed by atoms with Crippen molar-refractivity contribution in [1.82, 2.24) is 19.5 Å². The Morgan fingerprint density at radius 2 is 1.13 bits per heavy atom. The Balaban J connectivity index is 1.29. The van der Waals surface area contributed by atoms with E-state index in [4.69, 9.17) is 15.0 Å². The third-order valence-electron chi connectivity index (χ3n) is 9.87. The van der Waals surface area contributed by atoms with Gasteiger partial charge in [0.1, 0.15) is 0 Å². The van der Waals surface area contributed by atoms with Crippen molar-refractivity contribution in [3.63, 3.8) is 0 Å². The highest BCUT2D eigenvalue weighted by Crippen LogP contribution is 2.54. The minimum Gasteiger partial charge on any atom is -0.278 e. The molecule has 0 atom stereocenters. The van der Waals surface area contributed by atoms with Crippen LogP contribution < -0.4 is 0 Å². The maximum atomic E-state index is 5.13. The van der Waals surface area contributed by atoms with E-state index in [0.717, 1.165) is 22.2 Å². The largest absolute Gasteiger partial charge is 0.278 e. The van der Waals surface area contributed by atoms with E-state index in [2.05, 4.69) is 115 Å². The van der Waals surface area contributed by atoms with Gasteiger partial charge in [-0.25, -0.2) is 4.98 Å². The van der Waals surface area contributed by atoms with E-state index in [1.807, 2.05) is 47.7 Å². The number of hydrogen-bond acceptors (Lipinski definition) is 4. The van der Waals surface area contributed by atoms with Gasteiger partial charge in [0, 0.05) is 53.1 Å². The molecule has 0 amide bonds. The zero-order valence-electron chi connectivity index (χ0n) is 25.9. The van der Waals surface area contributed by atoms with Crippen LogP contribution in [0.1, 0.15) is 25.0 Å². The lowest BCUT2D eigenvalue weighted by molar-refractivity contribution is 0.661. The summed E-state index contributed by atoms with van der Waals surface area (Å²) in [6, 6.07) is 47.2. The average Bonchev–Trinajstić information content (AvgIpc) is 3.74. The number of hydrogen-bond donors (Lipinski definition) is 0. The van der Waals surface area contributed by atoms with Crippen LogP contribution in [0.25, 0.3) is 81.8 Å². The van der Waals surface area contributed by atoms with E-state index in [-0.39, 0.29) is 5.41 Å². The monoisotopic (exact) mass is 620 g/mol. The molecule has 0 bridgehead atoms. The number of benzene rings is 6. The summed E-state index contributed by atoms with van der Waals surface area (Å²) in [5.74, 6) is 1.92. The van der Waals surface area contributed by atoms with Gasteiger partial charge in [0.25, 0.3) is 0 Å². The Bertz CT molecular complexity index is 2640. The van der Waals surface area contributed by atoms with Gasteiger partial charge in [-0.15, -0.1) is 11.3 Å². The second-order valence-corrected chi connectivity index (χ2v) is 13.9. The van der Waals surface area contributed by atoms with E-state index >= 15 is 0 Å². The lowest BCUT2D eigenvalue weighted by Crippen LogP contribution is -2.14. The quantitative estimate of drug-likeness (QED) is 0.197. The molecule has 9 aromatic rings. The molecule has 0 unspecified atom stereocenters. The number of aromatic nitrogens is 4. The van der Waals surface area contributed by atoms with Gasteiger partial charge >= 0.3 is 0 Å². The number of rotatable bonds is 3. The molecule has 0 saturated carbocycles. The zero-order valence-corrected chi connectivity index (χ0v) is 26.7. The second kappa shape index (κ2) is 9.68. The van der Waals surface area contributed by atoms with Crippen LogP contribution in [0.15, 0.2) is 133 Å². The first-order chi connectivity index (χ1) is 23.1. The number of para-hydroxylation sites is 1. The Hall–Kier alpha value is -5.65. The molecule has 47 heavy (non-hydrogen) atoms. The van der Waals surface area contributed by atoms with Crippen molar-refractivity contribution in [3.05, 3.63) is 145 Å². The molecule has 4 nitrogen and oxygen atoms in total. The fourth-order valence-electron chi connectivity index (χ4n) is 7.64. The summed E-state index contributed by atoms with van der Waals surface area (Å²) in [4.78, 5) is 15.2. The zero-order chi connectivity index (χ0) is 31.3. The average molecular weight is 621 g/mol. The van der Waals surface area contributed by atoms with Gasteiger partial charge in [-0.05, 0) is 28.8 Å². The van der Waals surface area contributed by atoms with Crippen molar-refractivity contribution in [2.45, 2.75) is 19.3 Å². The molecule has 222 valence electrons. The summed E-state index contributed by atoms with van der Waals surface area (Å²) >= 11 is 1.92. The van der Waals surface area contributed by atoms with E-state index in [1.165, 1.54) is 53.2 Å². The molecule has 6 aromatic carbocycles. The van der Waals surface area contributed by atoms with Crippen LogP contribution in [0, 0.1) is 0 Å². The second-order valence-electron chi connectivity index (χ2n) is 12.8. The maximum absolute atomic E-state index is 5.13. The van der Waals surface area contributed by atoms with Crippen molar-refractivity contribution in [1.29, 1.82) is 0 Å². The molecule has 0 saturated heterocycles. The highest BCUT2D eigenvalue weighted by molar-refractivity contribution is 7.27. The van der Waals surface area contributed by atoms with Crippen LogP contribution in [-0.4, -0.2) is 19.5 Å². The first kappa shape index (κ1) is 26.6. The van der Waals surface area contributed by atoms with Crippen molar-refractivity contribution in [2.24, 2.45) is 0 Å². The summed E-state index contributed by atoms with van der Waals surface area (Å²) in [5, 5.41) is 5.03. The normalized spacial score (nSPS) is 13.5. The van der Waals surface area contributed by atoms with Crippen LogP contribution in [0.4, 0.5) is 0 Å². The summed E-state index contributed by atoms with van der Waals surface area (Å²) in [6.45, 7) is 4.70. The van der Waals surface area contributed by atoms with Gasteiger partial charge < -0.3 is 0 Å². The molecule has 1 aliphatic rings. The van der Waals surface area contributed by atoms with Gasteiger partial charge in [-0.1, -0.05) is 135 Å². The fraction of sp³-hybridized carbons (Fsp3) is 0.0714. The Kier molecular flexibility index (Phi) is 5.47. The molecular weight excluding hydrogens is 593 g/mol. The highest BCUT2D eigenvalue weighted by Gasteiger charge is 2.37. The van der Waals surface area contributed by atoms with Crippen molar-refractivity contribution < 1.29 is 0 Å². The minimum atomic E-state index is -0.0345. The maximum Gasteiger partial charge on any atom is 0.238 e. The first-order valence-electron chi connectivity index (χ1n) is 16.0. The SMILES string of the molecule is CC1(C)c2ccccc2-c2c1ccc1c2sc2c1ccc1c2c2ccccc2n1-c1nc(-c2ccccc2)nc(-c2ccccc2)n1. The van der Waals surface area contributed by atoms with E-state index in [1.54, 1.807) is 0 Å². The first-order valence-corrected chi connectivity index (χ1v) is 16.8. The molecular formula is C42H28N4S. The smallest absolute Gasteiger partial charge is 0.238 e. The molecule has 3 aromatic heterocycles. The molecule has 0 N–H and O–H groups in total. The van der Waals surface area contributed by atoms with E-state index in [9.17, 15) is 0 Å². The predicted octanol–water partition coefficient (Wildman–Crippen LogP) is 11.0. The van der Waals surface area contributed by atoms with Gasteiger partial charge in [-0.3, -0.25) is 4.57 Å². The lowest BCUT2D eigenvalue weighted by atomic mass is 9.82. The van der Waals surface area contributed by atoms with Crippen molar-refractivity contribution >= 4 is 53.3 Å². The van der Waals surface area contributed by atoms with Crippen molar-refractivity contribution in [3.8, 4) is 39.9 Å². The fourth-order valence-corrected chi connectivity index (χ4v) is 9.06. The summed E-state index contributed by atoms with van der Waals surface area (Å²) < 4.78 is 4.87. The Morgan fingerprint density at radius 3 is 1.87 bits per heavy atom. The molecule has 3 heterocycles. The molecule has 1 aliphatic carbocycles. The van der Waals surface area contributed by atoms with Crippen LogP contribution in [-0.2, 0) is 5.41 Å². The predicted molar refractivity (Wildman–Crippen MR) is 195 cm³/mol. The summed E-state index contributed by atoms with van der Waals surface area (Å²) in [6.07, 6.45) is 0. The molecule has 0 radical (unpaired) electrons. The number of nitrogens with zero attached hydrogens (tertiary/aromatic N) is 4. The minimum absolute atomic E-state index is 0.0345. The molecule has 0 spiro atoms. The van der Waals surface area contributed by atoms with E-state index < -0.39 is 0 Å². The topological polar surface area (TPSA) is 43.6 Å².